The summed E-state index contributed by atoms with van der Waals surface area (Å²) in [5, 5.41) is 3.39. The van der Waals surface area contributed by atoms with Crippen molar-refractivity contribution in [2.45, 2.75) is 46.5 Å². The Bertz CT molecular complexity index is 294. The van der Waals surface area contributed by atoms with Crippen molar-refractivity contribution in [2.75, 3.05) is 13.1 Å². The van der Waals surface area contributed by atoms with Crippen LogP contribution in [0.15, 0.2) is 10.6 Å². The van der Waals surface area contributed by atoms with Crippen LogP contribution in [0, 0.1) is 5.92 Å². The van der Waals surface area contributed by atoms with Crippen molar-refractivity contribution in [2.24, 2.45) is 5.92 Å². The summed E-state index contributed by atoms with van der Waals surface area (Å²) in [5.41, 5.74) is 0. The van der Waals surface area contributed by atoms with Gasteiger partial charge in [0.1, 0.15) is 5.76 Å². The molecule has 0 radical (unpaired) electrons. The lowest BCUT2D eigenvalue weighted by atomic mass is 10.1. The van der Waals surface area contributed by atoms with E-state index in [1.807, 2.05) is 6.20 Å². The van der Waals surface area contributed by atoms with Gasteiger partial charge in [0.2, 0.25) is 0 Å². The average Bonchev–Trinajstić information content (AvgIpc) is 2.71. The lowest BCUT2D eigenvalue weighted by molar-refractivity contribution is 0.420. The third-order valence-corrected chi connectivity index (χ3v) is 2.74. The van der Waals surface area contributed by atoms with E-state index < -0.39 is 0 Å². The monoisotopic (exact) mass is 224 g/mol. The molecule has 1 N–H and O–H groups in total. The molecule has 0 spiro atoms. The minimum absolute atomic E-state index is 0.477. The van der Waals surface area contributed by atoms with Crippen molar-refractivity contribution in [3.8, 4) is 0 Å². The largest absolute Gasteiger partial charge is 0.445 e. The van der Waals surface area contributed by atoms with Crippen LogP contribution >= 0.6 is 0 Å². The molecule has 1 unspecified atom stereocenters. The smallest absolute Gasteiger partial charge is 0.195 e. The molecule has 0 saturated heterocycles. The predicted octanol–water partition coefficient (Wildman–Crippen LogP) is 2.98. The van der Waals surface area contributed by atoms with Gasteiger partial charge in [-0.25, -0.2) is 4.98 Å². The Balaban J connectivity index is 2.29. The van der Waals surface area contributed by atoms with Crippen LogP contribution in [0.3, 0.4) is 0 Å². The molecule has 0 amide bonds. The lowest BCUT2D eigenvalue weighted by Gasteiger charge is -2.05. The van der Waals surface area contributed by atoms with Gasteiger partial charge in [-0.3, -0.25) is 0 Å². The number of hydrogen-bond donors (Lipinski definition) is 1. The third-order valence-electron chi connectivity index (χ3n) is 2.74. The minimum atomic E-state index is 0.477. The fraction of sp³-hybridized carbons (Fsp3) is 0.769. The van der Waals surface area contributed by atoms with Gasteiger partial charge in [-0.15, -0.1) is 0 Å². The molecule has 0 aliphatic carbocycles. The van der Waals surface area contributed by atoms with Gasteiger partial charge in [0.25, 0.3) is 0 Å². The highest BCUT2D eigenvalue weighted by atomic mass is 16.4. The van der Waals surface area contributed by atoms with E-state index in [1.165, 1.54) is 0 Å². The maximum atomic E-state index is 5.69. The second-order valence-electron chi connectivity index (χ2n) is 4.81. The number of nitrogens with one attached hydrogen (secondary N) is 1. The fourth-order valence-corrected chi connectivity index (χ4v) is 1.46. The summed E-state index contributed by atoms with van der Waals surface area (Å²) in [6, 6.07) is 0. The summed E-state index contributed by atoms with van der Waals surface area (Å²) in [5.74, 6) is 3.04. The van der Waals surface area contributed by atoms with E-state index in [4.69, 9.17) is 4.42 Å². The fourth-order valence-electron chi connectivity index (χ4n) is 1.46. The average molecular weight is 224 g/mol. The van der Waals surface area contributed by atoms with Gasteiger partial charge < -0.3 is 9.73 Å². The highest BCUT2D eigenvalue weighted by Gasteiger charge is 2.09. The molecule has 92 valence electrons. The summed E-state index contributed by atoms with van der Waals surface area (Å²) < 4.78 is 5.69. The molecule has 1 heterocycles. The highest BCUT2D eigenvalue weighted by molar-refractivity contribution is 5.00. The second kappa shape index (κ2) is 6.69. The van der Waals surface area contributed by atoms with Crippen molar-refractivity contribution in [1.82, 2.24) is 10.3 Å². The maximum absolute atomic E-state index is 5.69. The Morgan fingerprint density at radius 2 is 2.12 bits per heavy atom. The Morgan fingerprint density at radius 3 is 2.75 bits per heavy atom. The second-order valence-corrected chi connectivity index (χ2v) is 4.81. The number of aromatic nitrogens is 1. The molecule has 3 nitrogen and oxygen atoms in total. The quantitative estimate of drug-likeness (QED) is 0.724. The van der Waals surface area contributed by atoms with Crippen LogP contribution < -0.4 is 5.32 Å². The van der Waals surface area contributed by atoms with Crippen LogP contribution in [0.5, 0.6) is 0 Å². The van der Waals surface area contributed by atoms with Gasteiger partial charge in [0, 0.05) is 18.9 Å². The molecular weight excluding hydrogens is 200 g/mol. The summed E-state index contributed by atoms with van der Waals surface area (Å²) in [4.78, 5) is 4.30. The summed E-state index contributed by atoms with van der Waals surface area (Å²) in [6.07, 6.45) is 3.84. The van der Waals surface area contributed by atoms with Gasteiger partial charge >= 0.3 is 0 Å². The van der Waals surface area contributed by atoms with Crippen LogP contribution in [-0.4, -0.2) is 18.1 Å². The standard InChI is InChI=1S/C13H24N2O/c1-5-11(4)12-9-15-13(16-12)6-7-14-8-10(2)3/h9-11,14H,5-8H2,1-4H3. The van der Waals surface area contributed by atoms with Crippen LogP contribution in [0.4, 0.5) is 0 Å². The molecule has 0 fully saturated rings. The van der Waals surface area contributed by atoms with Gasteiger partial charge in [-0.1, -0.05) is 27.7 Å². The van der Waals surface area contributed by atoms with Crippen molar-refractivity contribution < 1.29 is 4.42 Å². The Labute approximate surface area is 98.6 Å². The Hall–Kier alpha value is -0.830. The molecule has 1 atom stereocenters. The topological polar surface area (TPSA) is 38.1 Å². The van der Waals surface area contributed by atoms with Crippen molar-refractivity contribution in [3.05, 3.63) is 17.8 Å². The van der Waals surface area contributed by atoms with Gasteiger partial charge in [-0.2, -0.15) is 0 Å². The molecule has 16 heavy (non-hydrogen) atoms. The molecule has 0 aliphatic rings. The van der Waals surface area contributed by atoms with Crippen LogP contribution in [0.2, 0.25) is 0 Å². The molecular formula is C13H24N2O. The zero-order chi connectivity index (χ0) is 12.0. The first kappa shape index (κ1) is 13.2. The van der Waals surface area contributed by atoms with E-state index in [0.29, 0.717) is 11.8 Å². The zero-order valence-corrected chi connectivity index (χ0v) is 10.9. The zero-order valence-electron chi connectivity index (χ0n) is 10.9. The molecule has 1 rings (SSSR count). The number of hydrogen-bond acceptors (Lipinski definition) is 3. The van der Waals surface area contributed by atoms with E-state index in [2.05, 4.69) is 38.0 Å². The predicted molar refractivity (Wildman–Crippen MR) is 66.6 cm³/mol. The molecule has 1 aromatic rings. The van der Waals surface area contributed by atoms with E-state index in [1.54, 1.807) is 0 Å². The first-order valence-corrected chi connectivity index (χ1v) is 6.28. The minimum Gasteiger partial charge on any atom is -0.445 e. The van der Waals surface area contributed by atoms with E-state index >= 15 is 0 Å². The normalized spacial score (nSPS) is 13.3. The van der Waals surface area contributed by atoms with E-state index in [0.717, 1.165) is 37.6 Å². The Kier molecular flexibility index (Phi) is 5.53. The van der Waals surface area contributed by atoms with Crippen LogP contribution in [0.1, 0.15) is 51.7 Å². The highest BCUT2D eigenvalue weighted by Crippen LogP contribution is 2.19. The molecule has 0 bridgehead atoms. The molecule has 0 aromatic carbocycles. The molecule has 0 aliphatic heterocycles. The molecule has 1 aromatic heterocycles. The van der Waals surface area contributed by atoms with E-state index in [9.17, 15) is 0 Å². The number of rotatable bonds is 7. The first-order chi connectivity index (χ1) is 7.63. The lowest BCUT2D eigenvalue weighted by Crippen LogP contribution is -2.22. The number of nitrogens with zero attached hydrogens (tertiary/aromatic N) is 1. The SMILES string of the molecule is CCC(C)c1cnc(CCNCC(C)C)o1. The van der Waals surface area contributed by atoms with Crippen molar-refractivity contribution in [1.29, 1.82) is 0 Å². The summed E-state index contributed by atoms with van der Waals surface area (Å²) >= 11 is 0. The molecule has 0 saturated carbocycles. The van der Waals surface area contributed by atoms with Gasteiger partial charge in [0.15, 0.2) is 5.89 Å². The van der Waals surface area contributed by atoms with Crippen LogP contribution in [-0.2, 0) is 6.42 Å². The van der Waals surface area contributed by atoms with Crippen LogP contribution in [0.25, 0.3) is 0 Å². The first-order valence-electron chi connectivity index (χ1n) is 6.28. The van der Waals surface area contributed by atoms with Gasteiger partial charge in [0.05, 0.1) is 6.20 Å². The van der Waals surface area contributed by atoms with Crippen molar-refractivity contribution >= 4 is 0 Å². The van der Waals surface area contributed by atoms with E-state index in [-0.39, 0.29) is 0 Å². The summed E-state index contributed by atoms with van der Waals surface area (Å²) in [6.45, 7) is 10.7. The number of oxazole rings is 1. The molecule has 3 heteroatoms. The van der Waals surface area contributed by atoms with Crippen molar-refractivity contribution in [3.63, 3.8) is 0 Å². The van der Waals surface area contributed by atoms with Gasteiger partial charge in [-0.05, 0) is 18.9 Å². The third kappa shape index (κ3) is 4.35. The maximum Gasteiger partial charge on any atom is 0.195 e. The summed E-state index contributed by atoms with van der Waals surface area (Å²) in [7, 11) is 0. The Morgan fingerprint density at radius 1 is 1.38 bits per heavy atom.